The van der Waals surface area contributed by atoms with E-state index in [0.29, 0.717) is 11.7 Å². The Morgan fingerprint density at radius 1 is 1.03 bits per heavy atom. The molecule has 31 heavy (non-hydrogen) atoms. The lowest BCUT2D eigenvalue weighted by Gasteiger charge is -2.21. The second-order valence-corrected chi connectivity index (χ2v) is 10.7. The molecule has 0 fully saturated rings. The zero-order valence-electron chi connectivity index (χ0n) is 17.6. The molecule has 3 aromatic rings. The second kappa shape index (κ2) is 10.3. The molecule has 0 unspecified atom stereocenters. The van der Waals surface area contributed by atoms with Gasteiger partial charge < -0.3 is 4.90 Å². The van der Waals surface area contributed by atoms with Crippen molar-refractivity contribution in [3.63, 3.8) is 0 Å². The fourth-order valence-electron chi connectivity index (χ4n) is 3.16. The van der Waals surface area contributed by atoms with Crippen LogP contribution in [0.5, 0.6) is 0 Å². The van der Waals surface area contributed by atoms with Crippen LogP contribution in [0.1, 0.15) is 19.3 Å². The van der Waals surface area contributed by atoms with E-state index < -0.39 is 15.7 Å². The molecule has 0 spiro atoms. The Morgan fingerprint density at radius 3 is 2.42 bits per heavy atom. The monoisotopic (exact) mass is 463 g/mol. The number of anilines is 1. The van der Waals surface area contributed by atoms with Crippen LogP contribution in [-0.2, 0) is 14.6 Å². The number of carbonyl (C=O) groups is 1. The molecular formula is C22H26FN3O3S2. The maximum Gasteiger partial charge on any atom is 0.228 e. The van der Waals surface area contributed by atoms with Crippen LogP contribution in [-0.4, -0.2) is 57.1 Å². The molecule has 2 aromatic carbocycles. The molecule has 0 atom stereocenters. The first-order chi connectivity index (χ1) is 14.8. The highest BCUT2D eigenvalue weighted by Gasteiger charge is 2.21. The summed E-state index contributed by atoms with van der Waals surface area (Å²) in [7, 11) is 0.384. The molecule has 0 aliphatic carbocycles. The number of para-hydroxylation sites is 1. The molecule has 6 nitrogen and oxygen atoms in total. The predicted molar refractivity (Wildman–Crippen MR) is 123 cm³/mol. The van der Waals surface area contributed by atoms with Crippen LogP contribution >= 0.6 is 11.3 Å². The number of aromatic nitrogens is 1. The average Bonchev–Trinajstić information content (AvgIpc) is 3.15. The second-order valence-electron chi connectivity index (χ2n) is 7.54. The summed E-state index contributed by atoms with van der Waals surface area (Å²) in [6, 6.07) is 12.5. The van der Waals surface area contributed by atoms with Crippen molar-refractivity contribution in [2.45, 2.75) is 24.2 Å². The third kappa shape index (κ3) is 6.32. The molecule has 166 valence electrons. The minimum Gasteiger partial charge on any atom is -0.309 e. The van der Waals surface area contributed by atoms with Gasteiger partial charge in [-0.2, -0.15) is 0 Å². The maximum absolute atomic E-state index is 13.1. The zero-order valence-corrected chi connectivity index (χ0v) is 19.3. The molecular weight excluding hydrogens is 437 g/mol. The van der Waals surface area contributed by atoms with Gasteiger partial charge in [-0.25, -0.2) is 17.8 Å². The molecule has 0 aliphatic rings. The molecule has 0 N–H and O–H groups in total. The third-order valence-corrected chi connectivity index (χ3v) is 7.65. The Bertz CT molecular complexity index is 1100. The van der Waals surface area contributed by atoms with E-state index in [-0.39, 0.29) is 29.4 Å². The molecule has 0 saturated carbocycles. The van der Waals surface area contributed by atoms with Crippen molar-refractivity contribution < 1.29 is 17.6 Å². The first kappa shape index (κ1) is 23.3. The van der Waals surface area contributed by atoms with Crippen molar-refractivity contribution in [1.82, 2.24) is 9.88 Å². The number of sulfone groups is 1. The van der Waals surface area contributed by atoms with Crippen molar-refractivity contribution in [2.24, 2.45) is 0 Å². The predicted octanol–water partition coefficient (Wildman–Crippen LogP) is 3.97. The highest BCUT2D eigenvalue weighted by molar-refractivity contribution is 7.91. The molecule has 0 saturated heterocycles. The van der Waals surface area contributed by atoms with Gasteiger partial charge in [0.05, 0.1) is 20.9 Å². The van der Waals surface area contributed by atoms with Crippen molar-refractivity contribution in [3.05, 3.63) is 54.3 Å². The Kier molecular flexibility index (Phi) is 7.74. The van der Waals surface area contributed by atoms with E-state index in [9.17, 15) is 17.6 Å². The quantitative estimate of drug-likeness (QED) is 0.426. The van der Waals surface area contributed by atoms with Crippen molar-refractivity contribution >= 4 is 42.4 Å². The van der Waals surface area contributed by atoms with E-state index in [1.165, 1.54) is 23.5 Å². The average molecular weight is 464 g/mol. The highest BCUT2D eigenvalue weighted by Crippen LogP contribution is 2.29. The Morgan fingerprint density at radius 2 is 1.74 bits per heavy atom. The summed E-state index contributed by atoms with van der Waals surface area (Å²) in [5.41, 5.74) is 0.840. The highest BCUT2D eigenvalue weighted by atomic mass is 32.2. The summed E-state index contributed by atoms with van der Waals surface area (Å²) in [4.78, 5) is 21.4. The van der Waals surface area contributed by atoms with Crippen LogP contribution in [0.2, 0.25) is 0 Å². The van der Waals surface area contributed by atoms with Crippen LogP contribution in [0.3, 0.4) is 0 Å². The van der Waals surface area contributed by atoms with E-state index >= 15 is 0 Å². The van der Waals surface area contributed by atoms with Gasteiger partial charge in [-0.3, -0.25) is 9.69 Å². The summed E-state index contributed by atoms with van der Waals surface area (Å²) < 4.78 is 39.0. The number of carbonyl (C=O) groups excluding carboxylic acids is 1. The third-order valence-electron chi connectivity index (χ3n) is 4.78. The molecule has 0 radical (unpaired) electrons. The van der Waals surface area contributed by atoms with E-state index in [2.05, 4.69) is 9.88 Å². The fraction of sp³-hybridized carbons (Fsp3) is 0.364. The number of rotatable bonds is 10. The first-order valence-corrected chi connectivity index (χ1v) is 12.5. The maximum atomic E-state index is 13.1. The van der Waals surface area contributed by atoms with E-state index in [1.807, 2.05) is 38.4 Å². The molecule has 3 rings (SSSR count). The topological polar surface area (TPSA) is 70.6 Å². The molecule has 1 amide bonds. The smallest absolute Gasteiger partial charge is 0.228 e. The number of fused-ring (bicyclic) bond motifs is 1. The first-order valence-electron chi connectivity index (χ1n) is 10.1. The van der Waals surface area contributed by atoms with Gasteiger partial charge in [0.1, 0.15) is 5.82 Å². The SMILES string of the molecule is CN(C)CCCN(C(=O)CCCS(=O)(=O)c1ccc(F)cc1)c1nc2ccccc2s1. The summed E-state index contributed by atoms with van der Waals surface area (Å²) in [6.45, 7) is 1.34. The lowest BCUT2D eigenvalue weighted by Crippen LogP contribution is -2.33. The van der Waals surface area contributed by atoms with Gasteiger partial charge in [0, 0.05) is 13.0 Å². The normalized spacial score (nSPS) is 11.9. The number of hydrogen-bond donors (Lipinski definition) is 0. The van der Waals surface area contributed by atoms with Gasteiger partial charge in [0.15, 0.2) is 15.0 Å². The van der Waals surface area contributed by atoms with Crippen molar-refractivity contribution in [3.8, 4) is 0 Å². The van der Waals surface area contributed by atoms with Crippen molar-refractivity contribution in [1.29, 1.82) is 0 Å². The van der Waals surface area contributed by atoms with Gasteiger partial charge in [-0.05, 0) is 69.9 Å². The Hall–Kier alpha value is -2.36. The molecule has 9 heteroatoms. The lowest BCUT2D eigenvalue weighted by atomic mass is 10.3. The van der Waals surface area contributed by atoms with Crippen molar-refractivity contribution in [2.75, 3.05) is 37.8 Å². The van der Waals surface area contributed by atoms with Gasteiger partial charge in [-0.1, -0.05) is 23.5 Å². The van der Waals surface area contributed by atoms with Gasteiger partial charge in [0.2, 0.25) is 5.91 Å². The number of thiazole rings is 1. The lowest BCUT2D eigenvalue weighted by molar-refractivity contribution is -0.118. The van der Waals surface area contributed by atoms with E-state index in [0.717, 1.165) is 35.3 Å². The summed E-state index contributed by atoms with van der Waals surface area (Å²) in [5.74, 6) is -0.805. The van der Waals surface area contributed by atoms with E-state index in [4.69, 9.17) is 0 Å². The fourth-order valence-corrected chi connectivity index (χ4v) is 5.48. The van der Waals surface area contributed by atoms with Gasteiger partial charge >= 0.3 is 0 Å². The molecule has 1 aromatic heterocycles. The standard InChI is InChI=1S/C22H26FN3O3S2/c1-25(2)14-6-15-26(22-24-19-7-3-4-8-20(19)30-22)21(27)9-5-16-31(28,29)18-12-10-17(23)11-13-18/h3-4,7-8,10-13H,5-6,9,14-16H2,1-2H3. The summed E-state index contributed by atoms with van der Waals surface area (Å²) >= 11 is 1.46. The zero-order chi connectivity index (χ0) is 22.4. The number of benzene rings is 2. The largest absolute Gasteiger partial charge is 0.309 e. The van der Waals surface area contributed by atoms with Crippen LogP contribution in [0, 0.1) is 5.82 Å². The molecule has 1 heterocycles. The van der Waals surface area contributed by atoms with Crippen LogP contribution < -0.4 is 4.90 Å². The number of hydrogen-bond acceptors (Lipinski definition) is 6. The van der Waals surface area contributed by atoms with Gasteiger partial charge in [-0.15, -0.1) is 0 Å². The number of nitrogens with zero attached hydrogens (tertiary/aromatic N) is 3. The number of amides is 1. The minimum atomic E-state index is -3.57. The molecule has 0 bridgehead atoms. The van der Waals surface area contributed by atoms with Gasteiger partial charge in [0.25, 0.3) is 0 Å². The molecule has 0 aliphatic heterocycles. The Labute approximate surface area is 186 Å². The number of halogens is 1. The van der Waals surface area contributed by atoms with E-state index in [1.54, 1.807) is 4.90 Å². The summed E-state index contributed by atoms with van der Waals surface area (Å²) in [6.07, 6.45) is 1.06. The van der Waals surface area contributed by atoms with Crippen LogP contribution in [0.25, 0.3) is 10.2 Å². The van der Waals surface area contributed by atoms with Crippen LogP contribution in [0.15, 0.2) is 53.4 Å². The Balaban J connectivity index is 1.68. The summed E-state index contributed by atoms with van der Waals surface area (Å²) in [5, 5.41) is 0.631. The van der Waals surface area contributed by atoms with Crippen LogP contribution in [0.4, 0.5) is 9.52 Å². The minimum absolute atomic E-state index is 0.0651.